The maximum Gasteiger partial charge on any atom is 0.0872 e. The summed E-state index contributed by atoms with van der Waals surface area (Å²) in [7, 11) is 1.73. The van der Waals surface area contributed by atoms with Gasteiger partial charge in [0.25, 0.3) is 0 Å². The number of nitrogens with zero attached hydrogens (tertiary/aromatic N) is 1. The number of hydrogen-bond donors (Lipinski definition) is 2. The maximum absolute atomic E-state index is 9.96. The van der Waals surface area contributed by atoms with Crippen LogP contribution in [-0.4, -0.2) is 30.6 Å². The van der Waals surface area contributed by atoms with Crippen LogP contribution in [0.2, 0.25) is 0 Å². The number of aliphatic hydroxyl groups is 1. The molecule has 0 saturated carbocycles. The Kier molecular flexibility index (Phi) is 4.78. The molecule has 1 heterocycles. The van der Waals surface area contributed by atoms with Crippen LogP contribution < -0.4 is 5.73 Å². The van der Waals surface area contributed by atoms with Crippen LogP contribution in [0.25, 0.3) is 10.8 Å². The van der Waals surface area contributed by atoms with Crippen molar-refractivity contribution in [3.8, 4) is 0 Å². The quantitative estimate of drug-likeness (QED) is 0.697. The van der Waals surface area contributed by atoms with E-state index in [1.54, 1.807) is 7.11 Å². The molecule has 0 aromatic heterocycles. The Labute approximate surface area is 172 Å². The summed E-state index contributed by atoms with van der Waals surface area (Å²) in [6.07, 6.45) is 1.28. The van der Waals surface area contributed by atoms with Crippen LogP contribution in [0.15, 0.2) is 58.9 Å². The largest absolute Gasteiger partial charge is 0.513 e. The van der Waals surface area contributed by atoms with Gasteiger partial charge in [0.2, 0.25) is 0 Å². The first kappa shape index (κ1) is 19.7. The lowest BCUT2D eigenvalue weighted by atomic mass is 9.65. The smallest absolute Gasteiger partial charge is 0.0872 e. The number of rotatable bonds is 5. The van der Waals surface area contributed by atoms with E-state index >= 15 is 0 Å². The molecule has 0 radical (unpaired) electrons. The van der Waals surface area contributed by atoms with Crippen molar-refractivity contribution < 1.29 is 9.84 Å². The maximum atomic E-state index is 9.96. The number of fused-ring (bicyclic) bond motifs is 2. The predicted molar refractivity (Wildman–Crippen MR) is 120 cm³/mol. The molecular formula is C25H30N2O2. The molecule has 2 aliphatic rings. The highest BCUT2D eigenvalue weighted by Gasteiger charge is 2.42. The fourth-order valence-electron chi connectivity index (χ4n) is 5.13. The van der Waals surface area contributed by atoms with Gasteiger partial charge in [-0.2, -0.15) is 0 Å². The molecule has 4 nitrogen and oxygen atoms in total. The van der Waals surface area contributed by atoms with Crippen LogP contribution in [0.4, 0.5) is 0 Å². The average molecular weight is 391 g/mol. The number of hydrogen-bond acceptors (Lipinski definition) is 4. The van der Waals surface area contributed by atoms with Gasteiger partial charge < -0.3 is 15.6 Å². The van der Waals surface area contributed by atoms with Crippen molar-refractivity contribution in [2.24, 2.45) is 10.7 Å². The van der Waals surface area contributed by atoms with Crippen LogP contribution in [0.5, 0.6) is 0 Å². The third-order valence-corrected chi connectivity index (χ3v) is 6.61. The molecule has 2 unspecified atom stereocenters. The molecule has 2 aromatic carbocycles. The minimum Gasteiger partial charge on any atom is -0.513 e. The van der Waals surface area contributed by atoms with Gasteiger partial charge in [0.15, 0.2) is 0 Å². The van der Waals surface area contributed by atoms with Gasteiger partial charge in [-0.25, -0.2) is 0 Å². The van der Waals surface area contributed by atoms with Gasteiger partial charge >= 0.3 is 0 Å². The number of allylic oxidation sites excluding steroid dienone is 2. The minimum absolute atomic E-state index is 0.0804. The lowest BCUT2D eigenvalue weighted by molar-refractivity contribution is 0.182. The van der Waals surface area contributed by atoms with E-state index in [4.69, 9.17) is 15.5 Å². The Hall–Kier alpha value is -2.59. The monoisotopic (exact) mass is 390 g/mol. The molecule has 4 rings (SSSR count). The van der Waals surface area contributed by atoms with Crippen molar-refractivity contribution in [3.63, 3.8) is 0 Å². The molecule has 0 amide bonds. The van der Waals surface area contributed by atoms with Gasteiger partial charge in [-0.15, -0.1) is 0 Å². The van der Waals surface area contributed by atoms with Crippen LogP contribution in [-0.2, 0) is 10.2 Å². The molecule has 0 spiro atoms. The fraction of sp³-hybridized carbons (Fsp3) is 0.400. The van der Waals surface area contributed by atoms with E-state index in [1.165, 1.54) is 27.5 Å². The van der Waals surface area contributed by atoms with Crippen molar-refractivity contribution in [3.05, 3.63) is 70.6 Å². The molecule has 0 bridgehead atoms. The molecule has 2 atom stereocenters. The van der Waals surface area contributed by atoms with Crippen LogP contribution in [0.3, 0.4) is 0 Å². The number of ether oxygens (including phenoxy) is 1. The Morgan fingerprint density at radius 2 is 2.03 bits per heavy atom. The molecule has 152 valence electrons. The Morgan fingerprint density at radius 3 is 2.72 bits per heavy atom. The van der Waals surface area contributed by atoms with Gasteiger partial charge in [-0.3, -0.25) is 4.99 Å². The van der Waals surface area contributed by atoms with Crippen molar-refractivity contribution in [1.29, 1.82) is 0 Å². The number of nitrogens with two attached hydrogens (primary N) is 1. The third-order valence-electron chi connectivity index (χ3n) is 6.61. The Morgan fingerprint density at radius 1 is 1.31 bits per heavy atom. The van der Waals surface area contributed by atoms with Crippen molar-refractivity contribution in [2.75, 3.05) is 13.7 Å². The molecule has 0 saturated heterocycles. The average Bonchev–Trinajstić information content (AvgIpc) is 2.68. The van der Waals surface area contributed by atoms with E-state index < -0.39 is 0 Å². The first-order chi connectivity index (χ1) is 13.8. The van der Waals surface area contributed by atoms with Crippen LogP contribution in [0, 0.1) is 0 Å². The summed E-state index contributed by atoms with van der Waals surface area (Å²) in [6.45, 7) is 10.8. The predicted octanol–water partition coefficient (Wildman–Crippen LogP) is 5.12. The second-order valence-corrected chi connectivity index (χ2v) is 8.80. The summed E-state index contributed by atoms with van der Waals surface area (Å²) in [4.78, 5) is 5.13. The Bertz CT molecular complexity index is 1060. The first-order valence-electron chi connectivity index (χ1n) is 10.2. The standard InChI is InChI=1S/C25H30N2O2/c1-14(28)12-20-18(10-11-29-5)19-13-16-8-6-7-9-17(16)22-21(19)23(27-20)15(2)24(26)25(22,3)4/h6-9,13,18,20,28H,1,10-12,26H2,2-5H3. The minimum atomic E-state index is -0.284. The van der Waals surface area contributed by atoms with E-state index in [0.29, 0.717) is 13.0 Å². The number of methoxy groups -OCH3 is 1. The highest BCUT2D eigenvalue weighted by atomic mass is 16.5. The highest BCUT2D eigenvalue weighted by Crippen LogP contribution is 2.49. The van der Waals surface area contributed by atoms with E-state index in [9.17, 15) is 5.11 Å². The topological polar surface area (TPSA) is 67.8 Å². The highest BCUT2D eigenvalue weighted by molar-refractivity contribution is 6.19. The number of benzene rings is 2. The molecule has 0 fully saturated rings. The van der Waals surface area contributed by atoms with Gasteiger partial charge in [0.05, 0.1) is 17.5 Å². The van der Waals surface area contributed by atoms with Gasteiger partial charge in [-0.05, 0) is 40.8 Å². The third kappa shape index (κ3) is 2.98. The summed E-state index contributed by atoms with van der Waals surface area (Å²) < 4.78 is 5.41. The first-order valence-corrected chi connectivity index (χ1v) is 10.2. The number of aliphatic hydroxyl groups excluding tert-OH is 1. The molecular weight excluding hydrogens is 360 g/mol. The molecule has 1 aliphatic carbocycles. The summed E-state index contributed by atoms with van der Waals surface area (Å²) >= 11 is 0. The second-order valence-electron chi connectivity index (χ2n) is 8.80. The normalized spacial score (nSPS) is 22.4. The van der Waals surface area contributed by atoms with E-state index in [-0.39, 0.29) is 23.1 Å². The number of aliphatic imine (C=N–C) groups is 1. The molecule has 3 N–H and O–H groups in total. The van der Waals surface area contributed by atoms with E-state index in [1.807, 2.05) is 0 Å². The van der Waals surface area contributed by atoms with Crippen LogP contribution >= 0.6 is 0 Å². The molecule has 1 aliphatic heterocycles. The van der Waals surface area contributed by atoms with Crippen molar-refractivity contribution in [1.82, 2.24) is 0 Å². The summed E-state index contributed by atoms with van der Waals surface area (Å²) in [5.41, 5.74) is 13.0. The van der Waals surface area contributed by atoms with Gasteiger partial charge in [-0.1, -0.05) is 50.8 Å². The van der Waals surface area contributed by atoms with E-state index in [2.05, 4.69) is 57.7 Å². The van der Waals surface area contributed by atoms with Crippen molar-refractivity contribution in [2.45, 2.75) is 51.0 Å². The van der Waals surface area contributed by atoms with Gasteiger partial charge in [0.1, 0.15) is 0 Å². The van der Waals surface area contributed by atoms with Crippen LogP contribution in [0.1, 0.15) is 56.2 Å². The zero-order valence-electron chi connectivity index (χ0n) is 17.7. The molecule has 29 heavy (non-hydrogen) atoms. The summed E-state index contributed by atoms with van der Waals surface area (Å²) in [6, 6.07) is 10.7. The molecule has 4 heteroatoms. The second kappa shape index (κ2) is 7.03. The zero-order chi connectivity index (χ0) is 20.9. The Balaban J connectivity index is 2.08. The van der Waals surface area contributed by atoms with E-state index in [0.717, 1.165) is 23.4 Å². The lowest BCUT2D eigenvalue weighted by Crippen LogP contribution is -2.39. The SMILES string of the molecule is C=C(O)CC1N=C2C(C)=C(N)C(C)(C)c3c2c(cc2ccccc32)C1CCOC. The fourth-order valence-corrected chi connectivity index (χ4v) is 5.13. The summed E-state index contributed by atoms with van der Waals surface area (Å²) in [5, 5.41) is 12.4. The summed E-state index contributed by atoms with van der Waals surface area (Å²) in [5.74, 6) is 0.320. The molecule has 2 aromatic rings. The lowest BCUT2D eigenvalue weighted by Gasteiger charge is -2.42. The van der Waals surface area contributed by atoms with Crippen molar-refractivity contribution >= 4 is 16.5 Å². The zero-order valence-corrected chi connectivity index (χ0v) is 17.7. The van der Waals surface area contributed by atoms with Gasteiger partial charge in [0, 0.05) is 42.7 Å².